The lowest BCUT2D eigenvalue weighted by Gasteiger charge is -2.29. The van der Waals surface area contributed by atoms with Gasteiger partial charge in [-0.05, 0) is 58.9 Å². The van der Waals surface area contributed by atoms with E-state index in [2.05, 4.69) is 0 Å². The van der Waals surface area contributed by atoms with E-state index in [0.717, 1.165) is 34.2 Å². The first kappa shape index (κ1) is 19.0. The van der Waals surface area contributed by atoms with Gasteiger partial charge < -0.3 is 15.7 Å². The van der Waals surface area contributed by atoms with E-state index < -0.39 is 12.5 Å². The molecule has 2 aliphatic rings. The highest BCUT2D eigenvalue weighted by Crippen LogP contribution is 2.47. The van der Waals surface area contributed by atoms with Crippen LogP contribution >= 0.6 is 23.2 Å². The molecule has 0 radical (unpaired) electrons. The summed E-state index contributed by atoms with van der Waals surface area (Å²) in [4.78, 5) is 25.3. The van der Waals surface area contributed by atoms with E-state index in [4.69, 9.17) is 28.9 Å². The van der Waals surface area contributed by atoms with Gasteiger partial charge in [0.05, 0.1) is 10.0 Å². The molecule has 0 bridgehead atoms. The molecule has 1 heterocycles. The summed E-state index contributed by atoms with van der Waals surface area (Å²) in [5, 5.41) is 10.2. The summed E-state index contributed by atoms with van der Waals surface area (Å²) in [7, 11) is 0. The monoisotopic (exact) mass is 416 g/mol. The Balaban J connectivity index is 1.88. The van der Waals surface area contributed by atoms with E-state index in [-0.39, 0.29) is 5.91 Å². The number of benzene rings is 2. The molecule has 144 valence electrons. The number of hydrogen-bond donors (Lipinski definition) is 2. The SMILES string of the molecule is NC(=O)c1cccc(-c2cc(Cl)c(Cl)c3c2C2=C(CCN(C(=O)CO)C2)C3)c1. The third-order valence-electron chi connectivity index (χ3n) is 5.41. The van der Waals surface area contributed by atoms with Crippen molar-refractivity contribution in [1.29, 1.82) is 0 Å². The molecule has 1 aliphatic heterocycles. The van der Waals surface area contributed by atoms with Crippen LogP contribution < -0.4 is 5.73 Å². The Bertz CT molecular complexity index is 1050. The lowest BCUT2D eigenvalue weighted by molar-refractivity contribution is -0.133. The minimum absolute atomic E-state index is 0.294. The molecular formula is C21H18Cl2N2O3. The summed E-state index contributed by atoms with van der Waals surface area (Å²) in [5.74, 6) is -0.798. The Kier molecular flexibility index (Phi) is 4.91. The largest absolute Gasteiger partial charge is 0.387 e. The summed E-state index contributed by atoms with van der Waals surface area (Å²) < 4.78 is 0. The standard InChI is InChI=1S/C21H18Cl2N2O3/c22-17-8-14(11-2-1-3-13(6-11)21(24)28)19-15(20(17)23)7-12-4-5-25(9-16(12)19)18(27)10-26/h1-3,6,8,26H,4-5,7,9-10H2,(H2,24,28). The fourth-order valence-electron chi connectivity index (χ4n) is 4.04. The Hall–Kier alpha value is -2.34. The molecular weight excluding hydrogens is 399 g/mol. The Morgan fingerprint density at radius 2 is 2.00 bits per heavy atom. The second kappa shape index (κ2) is 7.24. The lowest BCUT2D eigenvalue weighted by atomic mass is 9.91. The minimum Gasteiger partial charge on any atom is -0.387 e. The first-order valence-corrected chi connectivity index (χ1v) is 9.67. The fraction of sp³-hybridized carbons (Fsp3) is 0.238. The van der Waals surface area contributed by atoms with Crippen LogP contribution in [0.4, 0.5) is 0 Å². The summed E-state index contributed by atoms with van der Waals surface area (Å²) in [6, 6.07) is 8.86. The van der Waals surface area contributed by atoms with Gasteiger partial charge in [-0.15, -0.1) is 0 Å². The van der Waals surface area contributed by atoms with E-state index in [1.807, 2.05) is 6.07 Å². The predicted molar refractivity (Wildman–Crippen MR) is 109 cm³/mol. The number of hydrogen-bond acceptors (Lipinski definition) is 3. The number of nitrogens with zero attached hydrogens (tertiary/aromatic N) is 1. The molecule has 0 atom stereocenters. The lowest BCUT2D eigenvalue weighted by Crippen LogP contribution is -2.37. The first-order valence-electron chi connectivity index (χ1n) is 8.91. The molecule has 2 amide bonds. The van der Waals surface area contributed by atoms with Crippen LogP contribution in [-0.2, 0) is 11.2 Å². The fourth-order valence-corrected chi connectivity index (χ4v) is 4.48. The van der Waals surface area contributed by atoms with Gasteiger partial charge in [-0.3, -0.25) is 9.59 Å². The molecule has 3 N–H and O–H groups in total. The van der Waals surface area contributed by atoms with E-state index in [1.165, 1.54) is 5.57 Å². The average molecular weight is 417 g/mol. The van der Waals surface area contributed by atoms with Gasteiger partial charge in [0.2, 0.25) is 11.8 Å². The molecule has 0 saturated carbocycles. The second-order valence-electron chi connectivity index (χ2n) is 7.00. The van der Waals surface area contributed by atoms with Gasteiger partial charge in [0.25, 0.3) is 0 Å². The Morgan fingerprint density at radius 1 is 1.21 bits per heavy atom. The number of aliphatic hydroxyl groups excluding tert-OH is 1. The molecule has 7 heteroatoms. The Morgan fingerprint density at radius 3 is 2.71 bits per heavy atom. The molecule has 0 saturated heterocycles. The van der Waals surface area contributed by atoms with Crippen LogP contribution in [0.15, 0.2) is 35.9 Å². The predicted octanol–water partition coefficient (Wildman–Crippen LogP) is 3.29. The summed E-state index contributed by atoms with van der Waals surface area (Å²) in [6.45, 7) is 0.483. The zero-order valence-corrected chi connectivity index (χ0v) is 16.5. The molecule has 0 aromatic heterocycles. The molecule has 2 aromatic rings. The van der Waals surface area contributed by atoms with Crippen molar-refractivity contribution in [2.75, 3.05) is 19.7 Å². The van der Waals surface area contributed by atoms with Gasteiger partial charge in [0, 0.05) is 18.7 Å². The highest BCUT2D eigenvalue weighted by molar-refractivity contribution is 6.43. The third kappa shape index (κ3) is 3.09. The van der Waals surface area contributed by atoms with Crippen LogP contribution in [0.3, 0.4) is 0 Å². The maximum Gasteiger partial charge on any atom is 0.248 e. The topological polar surface area (TPSA) is 83.6 Å². The van der Waals surface area contributed by atoms with Gasteiger partial charge >= 0.3 is 0 Å². The summed E-state index contributed by atoms with van der Waals surface area (Å²) in [5.41, 5.74) is 11.7. The molecule has 0 spiro atoms. The van der Waals surface area contributed by atoms with Crippen molar-refractivity contribution in [3.8, 4) is 11.1 Å². The number of aliphatic hydroxyl groups is 1. The van der Waals surface area contributed by atoms with Gasteiger partial charge in [-0.1, -0.05) is 40.9 Å². The molecule has 4 rings (SSSR count). The molecule has 2 aromatic carbocycles. The van der Waals surface area contributed by atoms with Crippen LogP contribution in [0.5, 0.6) is 0 Å². The van der Waals surface area contributed by atoms with Crippen molar-refractivity contribution in [2.45, 2.75) is 12.8 Å². The van der Waals surface area contributed by atoms with E-state index in [9.17, 15) is 14.7 Å². The van der Waals surface area contributed by atoms with Crippen molar-refractivity contribution in [3.05, 3.63) is 62.6 Å². The van der Waals surface area contributed by atoms with E-state index in [0.29, 0.717) is 35.1 Å². The van der Waals surface area contributed by atoms with Crippen LogP contribution in [0.2, 0.25) is 10.0 Å². The average Bonchev–Trinajstić information content (AvgIpc) is 3.09. The van der Waals surface area contributed by atoms with Gasteiger partial charge in [0.15, 0.2) is 0 Å². The zero-order valence-electron chi connectivity index (χ0n) is 15.0. The quantitative estimate of drug-likeness (QED) is 0.804. The van der Waals surface area contributed by atoms with Gasteiger partial charge in [0.1, 0.15) is 6.61 Å². The highest BCUT2D eigenvalue weighted by Gasteiger charge is 2.33. The van der Waals surface area contributed by atoms with E-state index >= 15 is 0 Å². The van der Waals surface area contributed by atoms with Gasteiger partial charge in [-0.2, -0.15) is 0 Å². The minimum atomic E-state index is -0.510. The summed E-state index contributed by atoms with van der Waals surface area (Å²) in [6.07, 6.45) is 1.41. The van der Waals surface area contributed by atoms with Crippen LogP contribution in [-0.4, -0.2) is 41.5 Å². The number of primary amides is 1. The Labute approximate surface area is 172 Å². The van der Waals surface area contributed by atoms with Crippen LogP contribution in [0.1, 0.15) is 27.9 Å². The smallest absolute Gasteiger partial charge is 0.248 e. The number of carbonyl (C=O) groups excluding carboxylic acids is 2. The van der Waals surface area contributed by atoms with Crippen molar-refractivity contribution >= 4 is 40.6 Å². The number of carbonyl (C=O) groups is 2. The molecule has 28 heavy (non-hydrogen) atoms. The molecule has 0 fully saturated rings. The van der Waals surface area contributed by atoms with Crippen LogP contribution in [0.25, 0.3) is 16.7 Å². The third-order valence-corrected chi connectivity index (χ3v) is 6.24. The number of fused-ring (bicyclic) bond motifs is 2. The second-order valence-corrected chi connectivity index (χ2v) is 7.79. The molecule has 0 unspecified atom stereocenters. The van der Waals surface area contributed by atoms with Gasteiger partial charge in [-0.25, -0.2) is 0 Å². The maximum atomic E-state index is 12.0. The first-order chi connectivity index (χ1) is 13.4. The molecule has 1 aliphatic carbocycles. The van der Waals surface area contributed by atoms with Crippen molar-refractivity contribution in [3.63, 3.8) is 0 Å². The van der Waals surface area contributed by atoms with Crippen molar-refractivity contribution in [1.82, 2.24) is 4.90 Å². The number of nitrogens with two attached hydrogens (primary N) is 1. The van der Waals surface area contributed by atoms with Crippen LogP contribution in [0, 0.1) is 0 Å². The maximum absolute atomic E-state index is 12.0. The molecule has 5 nitrogen and oxygen atoms in total. The number of rotatable bonds is 3. The van der Waals surface area contributed by atoms with Crippen molar-refractivity contribution in [2.24, 2.45) is 5.73 Å². The number of halogens is 2. The number of amides is 2. The normalized spacial score (nSPS) is 15.5. The summed E-state index contributed by atoms with van der Waals surface area (Å²) >= 11 is 12.9. The zero-order chi connectivity index (χ0) is 20.0. The van der Waals surface area contributed by atoms with Crippen molar-refractivity contribution < 1.29 is 14.7 Å². The van der Waals surface area contributed by atoms with E-state index in [1.54, 1.807) is 29.2 Å². The highest BCUT2D eigenvalue weighted by atomic mass is 35.5.